The van der Waals surface area contributed by atoms with Crippen LogP contribution in [0.2, 0.25) is 0 Å². The van der Waals surface area contributed by atoms with Crippen LogP contribution in [0.4, 0.5) is 18.9 Å². The summed E-state index contributed by atoms with van der Waals surface area (Å²) in [5.74, 6) is -2.87. The Morgan fingerprint density at radius 2 is 1.96 bits per heavy atom. The summed E-state index contributed by atoms with van der Waals surface area (Å²) in [6, 6.07) is 8.29. The molecule has 0 aliphatic heterocycles. The molecule has 0 spiro atoms. The third kappa shape index (κ3) is 4.11. The predicted molar refractivity (Wildman–Crippen MR) is 89.0 cm³/mol. The SMILES string of the molecule is Cc1ccc(C)c(N=C/C(C(=O)C(F)(F)F)=C(/O)c2cccs2)c1. The summed E-state index contributed by atoms with van der Waals surface area (Å²) in [4.78, 5) is 15.8. The van der Waals surface area contributed by atoms with Crippen LogP contribution in [-0.4, -0.2) is 23.3 Å². The maximum absolute atomic E-state index is 12.8. The molecule has 0 unspecified atom stereocenters. The Bertz CT molecular complexity index is 806. The quantitative estimate of drug-likeness (QED) is 0.468. The van der Waals surface area contributed by atoms with Crippen LogP contribution in [0.5, 0.6) is 0 Å². The van der Waals surface area contributed by atoms with E-state index in [9.17, 15) is 23.1 Å². The fourth-order valence-corrected chi connectivity index (χ4v) is 2.60. The number of Topliss-reactive ketones (excluding diaryl/α,β-unsaturated/α-hetero) is 1. The maximum atomic E-state index is 12.8. The number of thiophene rings is 1. The standard InChI is InChI=1S/C17H14F3NO2S/c1-10-5-6-11(2)13(8-10)21-9-12(16(23)17(18,19)20)15(22)14-4-3-7-24-14/h3-9,22H,1-2H3/b15-12-,21-9?. The average molecular weight is 353 g/mol. The zero-order chi connectivity index (χ0) is 17.9. The van der Waals surface area contributed by atoms with Gasteiger partial charge in [-0.3, -0.25) is 9.79 Å². The van der Waals surface area contributed by atoms with Gasteiger partial charge in [0, 0.05) is 6.21 Å². The van der Waals surface area contributed by atoms with Crippen LogP contribution in [0.15, 0.2) is 46.3 Å². The number of carbonyl (C=O) groups excluding carboxylic acids is 1. The van der Waals surface area contributed by atoms with E-state index in [4.69, 9.17) is 0 Å². The Morgan fingerprint density at radius 1 is 1.25 bits per heavy atom. The van der Waals surface area contributed by atoms with Crippen LogP contribution in [-0.2, 0) is 4.79 Å². The average Bonchev–Trinajstić information content (AvgIpc) is 3.03. The minimum absolute atomic E-state index is 0.162. The van der Waals surface area contributed by atoms with Crippen LogP contribution < -0.4 is 0 Å². The van der Waals surface area contributed by atoms with Crippen molar-refractivity contribution in [2.45, 2.75) is 20.0 Å². The third-order valence-electron chi connectivity index (χ3n) is 3.21. The molecular formula is C17H14F3NO2S. The lowest BCUT2D eigenvalue weighted by Gasteiger charge is -2.08. The van der Waals surface area contributed by atoms with Gasteiger partial charge in [0.1, 0.15) is 5.76 Å². The number of alkyl halides is 3. The normalized spacial score (nSPS) is 13.2. The second-order valence-electron chi connectivity index (χ2n) is 5.11. The largest absolute Gasteiger partial charge is 0.506 e. The minimum atomic E-state index is -5.10. The highest BCUT2D eigenvalue weighted by Gasteiger charge is 2.41. The molecule has 1 N–H and O–H groups in total. The number of ketones is 1. The number of rotatable bonds is 4. The van der Waals surface area contributed by atoms with E-state index in [2.05, 4.69) is 4.99 Å². The molecule has 1 heterocycles. The first-order valence-corrected chi connectivity index (χ1v) is 7.78. The fraction of sp³-hybridized carbons (Fsp3) is 0.176. The summed E-state index contributed by atoms with van der Waals surface area (Å²) in [7, 11) is 0. The van der Waals surface area contributed by atoms with E-state index in [0.717, 1.165) is 28.7 Å². The lowest BCUT2D eigenvalue weighted by atomic mass is 10.1. The molecule has 0 saturated carbocycles. The molecule has 3 nitrogen and oxygen atoms in total. The Labute approximate surface area is 140 Å². The molecule has 0 radical (unpaired) electrons. The van der Waals surface area contributed by atoms with Crippen LogP contribution >= 0.6 is 11.3 Å². The highest BCUT2D eigenvalue weighted by molar-refractivity contribution is 7.11. The van der Waals surface area contributed by atoms with Crippen molar-refractivity contribution in [3.63, 3.8) is 0 Å². The molecule has 0 bridgehead atoms. The van der Waals surface area contributed by atoms with Crippen LogP contribution in [0, 0.1) is 13.8 Å². The molecule has 1 aromatic heterocycles. The van der Waals surface area contributed by atoms with Gasteiger partial charge in [0.15, 0.2) is 0 Å². The van der Waals surface area contributed by atoms with Gasteiger partial charge >= 0.3 is 6.18 Å². The Hall–Kier alpha value is -2.41. The van der Waals surface area contributed by atoms with Crippen LogP contribution in [0.25, 0.3) is 5.76 Å². The smallest absolute Gasteiger partial charge is 0.455 e. The lowest BCUT2D eigenvalue weighted by Crippen LogP contribution is -2.26. The van der Waals surface area contributed by atoms with Crippen molar-refractivity contribution in [3.8, 4) is 0 Å². The van der Waals surface area contributed by atoms with E-state index < -0.39 is 23.3 Å². The summed E-state index contributed by atoms with van der Waals surface area (Å²) in [5, 5.41) is 11.7. The summed E-state index contributed by atoms with van der Waals surface area (Å²) in [6.07, 6.45) is -4.33. The number of aliphatic hydroxyl groups is 1. The van der Waals surface area contributed by atoms with Gasteiger partial charge < -0.3 is 5.11 Å². The van der Waals surface area contributed by atoms with E-state index in [1.54, 1.807) is 30.5 Å². The van der Waals surface area contributed by atoms with Crippen molar-refractivity contribution in [1.29, 1.82) is 0 Å². The molecule has 7 heteroatoms. The topological polar surface area (TPSA) is 49.7 Å². The molecule has 0 fully saturated rings. The number of aliphatic imine (C=N–C) groups is 1. The van der Waals surface area contributed by atoms with Gasteiger partial charge in [0.05, 0.1) is 16.1 Å². The number of hydrogen-bond acceptors (Lipinski definition) is 4. The molecule has 0 aliphatic rings. The summed E-state index contributed by atoms with van der Waals surface area (Å²) in [6.45, 7) is 3.57. The first-order chi connectivity index (χ1) is 11.2. The van der Waals surface area contributed by atoms with Gasteiger partial charge in [-0.25, -0.2) is 0 Å². The van der Waals surface area contributed by atoms with Crippen molar-refractivity contribution in [1.82, 2.24) is 0 Å². The Balaban J connectivity index is 2.52. The molecule has 0 amide bonds. The third-order valence-corrected chi connectivity index (χ3v) is 4.09. The molecular weight excluding hydrogens is 339 g/mol. The number of allylic oxidation sites excluding steroid dienone is 1. The summed E-state index contributed by atoms with van der Waals surface area (Å²) >= 11 is 1.03. The van der Waals surface area contributed by atoms with Gasteiger partial charge in [0.25, 0.3) is 5.78 Å². The molecule has 2 aromatic rings. The van der Waals surface area contributed by atoms with Gasteiger partial charge in [0.2, 0.25) is 0 Å². The van der Waals surface area contributed by atoms with Crippen LogP contribution in [0.1, 0.15) is 16.0 Å². The van der Waals surface area contributed by atoms with Gasteiger partial charge in [-0.2, -0.15) is 13.2 Å². The number of benzene rings is 1. The van der Waals surface area contributed by atoms with Crippen LogP contribution in [0.3, 0.4) is 0 Å². The zero-order valence-corrected chi connectivity index (χ0v) is 13.7. The molecule has 0 saturated heterocycles. The second-order valence-corrected chi connectivity index (χ2v) is 6.06. The highest BCUT2D eigenvalue weighted by Crippen LogP contribution is 2.28. The molecule has 2 rings (SSSR count). The number of aryl methyl sites for hydroxylation is 2. The van der Waals surface area contributed by atoms with Gasteiger partial charge in [-0.15, -0.1) is 11.3 Å². The number of nitrogens with zero attached hydrogens (tertiary/aromatic N) is 1. The lowest BCUT2D eigenvalue weighted by molar-refractivity contribution is -0.165. The first kappa shape index (κ1) is 17.9. The van der Waals surface area contributed by atoms with Crippen molar-refractivity contribution in [2.24, 2.45) is 4.99 Å². The monoisotopic (exact) mass is 353 g/mol. The van der Waals surface area contributed by atoms with Gasteiger partial charge in [-0.05, 0) is 42.5 Å². The fourth-order valence-electron chi connectivity index (χ4n) is 1.92. The van der Waals surface area contributed by atoms with Crippen molar-refractivity contribution < 1.29 is 23.1 Å². The number of carbonyl (C=O) groups is 1. The maximum Gasteiger partial charge on any atom is 0.455 e. The first-order valence-electron chi connectivity index (χ1n) is 6.90. The molecule has 126 valence electrons. The number of halogens is 3. The molecule has 24 heavy (non-hydrogen) atoms. The van der Waals surface area contributed by atoms with E-state index in [-0.39, 0.29) is 4.88 Å². The zero-order valence-electron chi connectivity index (χ0n) is 12.9. The van der Waals surface area contributed by atoms with E-state index in [1.807, 2.05) is 13.0 Å². The highest BCUT2D eigenvalue weighted by atomic mass is 32.1. The number of hydrogen-bond donors (Lipinski definition) is 1. The van der Waals surface area contributed by atoms with Crippen molar-refractivity contribution >= 4 is 34.8 Å². The minimum Gasteiger partial charge on any atom is -0.506 e. The predicted octanol–water partition coefficient (Wildman–Crippen LogP) is 5.17. The van der Waals surface area contributed by atoms with E-state index in [0.29, 0.717) is 5.69 Å². The summed E-state index contributed by atoms with van der Waals surface area (Å²) in [5.41, 5.74) is 1.17. The Kier molecular flexibility index (Phi) is 5.23. The van der Waals surface area contributed by atoms with Crippen molar-refractivity contribution in [2.75, 3.05) is 0 Å². The Morgan fingerprint density at radius 3 is 2.54 bits per heavy atom. The summed E-state index contributed by atoms with van der Waals surface area (Å²) < 4.78 is 38.5. The van der Waals surface area contributed by atoms with E-state index >= 15 is 0 Å². The van der Waals surface area contributed by atoms with E-state index in [1.165, 1.54) is 6.07 Å². The molecule has 1 aromatic carbocycles. The molecule has 0 atom stereocenters. The number of aliphatic hydroxyl groups excluding tert-OH is 1. The van der Waals surface area contributed by atoms with Crippen molar-refractivity contribution in [3.05, 3.63) is 57.3 Å². The van der Waals surface area contributed by atoms with Gasteiger partial charge in [-0.1, -0.05) is 18.2 Å². The molecule has 0 aliphatic carbocycles. The second kappa shape index (κ2) is 7.00.